The molecule has 1 aliphatic rings. The van der Waals surface area contributed by atoms with E-state index in [0.29, 0.717) is 17.0 Å². The molecule has 2 amide bonds. The molecule has 2 aromatic carbocycles. The van der Waals surface area contributed by atoms with E-state index in [-0.39, 0.29) is 18.4 Å². The van der Waals surface area contributed by atoms with Crippen LogP contribution in [0.15, 0.2) is 42.5 Å². The highest BCUT2D eigenvalue weighted by Crippen LogP contribution is 2.35. The van der Waals surface area contributed by atoms with Crippen LogP contribution in [0.3, 0.4) is 0 Å². The van der Waals surface area contributed by atoms with Crippen LogP contribution in [0.4, 0.5) is 5.69 Å². The summed E-state index contributed by atoms with van der Waals surface area (Å²) in [7, 11) is 3.37. The molecule has 0 saturated heterocycles. The highest BCUT2D eigenvalue weighted by atomic mass is 16.5. The summed E-state index contributed by atoms with van der Waals surface area (Å²) in [6, 6.07) is 13.0. The van der Waals surface area contributed by atoms with E-state index in [0.717, 1.165) is 22.2 Å². The Morgan fingerprint density at radius 2 is 1.89 bits per heavy atom. The minimum atomic E-state index is -0.728. The number of aromatic nitrogens is 1. The molecule has 0 unspecified atom stereocenters. The predicted octanol–water partition coefficient (Wildman–Crippen LogP) is 3.28. The number of fused-ring (bicyclic) bond motifs is 2. The number of ether oxygens (including phenoxy) is 1. The lowest BCUT2D eigenvalue weighted by Gasteiger charge is -2.35. The third-order valence-electron chi connectivity index (χ3n) is 5.29. The molecule has 2 heterocycles. The van der Waals surface area contributed by atoms with E-state index in [2.05, 4.69) is 4.98 Å². The Bertz CT molecular complexity index is 1080. The number of likely N-dealkylation sites (N-methyl/N-ethyl adjacent to an activating group) is 1. The predicted molar refractivity (Wildman–Crippen MR) is 109 cm³/mol. The number of rotatable bonds is 2. The van der Waals surface area contributed by atoms with Crippen molar-refractivity contribution in [2.75, 3.05) is 25.5 Å². The van der Waals surface area contributed by atoms with Gasteiger partial charge >= 0.3 is 0 Å². The molecule has 0 spiro atoms. The molecule has 4 rings (SSSR count). The fourth-order valence-electron chi connectivity index (χ4n) is 3.59. The van der Waals surface area contributed by atoms with Gasteiger partial charge in [0.2, 0.25) is 0 Å². The van der Waals surface area contributed by atoms with Gasteiger partial charge in [0.05, 0.1) is 12.2 Å². The molecule has 3 aromatic rings. The Labute approximate surface area is 163 Å². The molecule has 6 nitrogen and oxygen atoms in total. The number of H-pyrrole nitrogens is 1. The van der Waals surface area contributed by atoms with Crippen LogP contribution in [0.2, 0.25) is 0 Å². The summed E-state index contributed by atoms with van der Waals surface area (Å²) in [4.78, 5) is 32.3. The van der Waals surface area contributed by atoms with Crippen LogP contribution in [0.1, 0.15) is 21.6 Å². The monoisotopic (exact) mass is 377 g/mol. The zero-order valence-corrected chi connectivity index (χ0v) is 16.4. The van der Waals surface area contributed by atoms with Crippen LogP contribution in [-0.4, -0.2) is 48.4 Å². The van der Waals surface area contributed by atoms with Crippen molar-refractivity contribution < 1.29 is 14.3 Å². The summed E-state index contributed by atoms with van der Waals surface area (Å²) in [5.41, 5.74) is 4.50. The first kappa shape index (κ1) is 18.1. The zero-order chi connectivity index (χ0) is 20.0. The van der Waals surface area contributed by atoms with E-state index in [1.165, 1.54) is 4.90 Å². The van der Waals surface area contributed by atoms with Gasteiger partial charge in [-0.1, -0.05) is 12.1 Å². The van der Waals surface area contributed by atoms with Crippen molar-refractivity contribution in [3.05, 3.63) is 59.3 Å². The highest BCUT2D eigenvalue weighted by molar-refractivity contribution is 6.09. The van der Waals surface area contributed by atoms with E-state index >= 15 is 0 Å². The lowest BCUT2D eigenvalue weighted by molar-refractivity contribution is -0.135. The first-order valence-corrected chi connectivity index (χ1v) is 9.24. The quantitative estimate of drug-likeness (QED) is 0.745. The number of para-hydroxylation sites is 2. The van der Waals surface area contributed by atoms with Crippen molar-refractivity contribution in [3.8, 4) is 5.75 Å². The van der Waals surface area contributed by atoms with Gasteiger partial charge in [-0.15, -0.1) is 0 Å². The summed E-state index contributed by atoms with van der Waals surface area (Å²) in [6.07, 6.45) is -0.728. The summed E-state index contributed by atoms with van der Waals surface area (Å²) in [6.45, 7) is 4.24. The number of carbonyl (C=O) groups excluding carboxylic acids is 2. The average molecular weight is 377 g/mol. The van der Waals surface area contributed by atoms with Crippen molar-refractivity contribution >= 4 is 28.4 Å². The highest BCUT2D eigenvalue weighted by Gasteiger charge is 2.35. The van der Waals surface area contributed by atoms with Crippen molar-refractivity contribution in [1.29, 1.82) is 0 Å². The minimum Gasteiger partial charge on any atom is -0.476 e. The Kier molecular flexibility index (Phi) is 4.34. The first-order valence-electron chi connectivity index (χ1n) is 9.24. The molecule has 0 radical (unpaired) electrons. The van der Waals surface area contributed by atoms with E-state index in [1.807, 2.05) is 50.2 Å². The van der Waals surface area contributed by atoms with Crippen LogP contribution in [0.5, 0.6) is 5.75 Å². The van der Waals surface area contributed by atoms with Gasteiger partial charge in [0, 0.05) is 36.3 Å². The molecular formula is C22H23N3O3. The topological polar surface area (TPSA) is 65.6 Å². The number of anilines is 1. The number of nitrogens with zero attached hydrogens (tertiary/aromatic N) is 2. The summed E-state index contributed by atoms with van der Waals surface area (Å²) < 4.78 is 5.87. The number of amides is 2. The summed E-state index contributed by atoms with van der Waals surface area (Å²) >= 11 is 0. The van der Waals surface area contributed by atoms with E-state index in [4.69, 9.17) is 4.74 Å². The van der Waals surface area contributed by atoms with Crippen LogP contribution < -0.4 is 9.64 Å². The van der Waals surface area contributed by atoms with Gasteiger partial charge in [-0.3, -0.25) is 9.59 Å². The third-order valence-corrected chi connectivity index (χ3v) is 5.29. The molecule has 1 atom stereocenters. The maximum atomic E-state index is 13.4. The second kappa shape index (κ2) is 6.71. The molecular weight excluding hydrogens is 354 g/mol. The summed E-state index contributed by atoms with van der Waals surface area (Å²) in [5, 5.41) is 1.03. The Hall–Kier alpha value is -3.28. The van der Waals surface area contributed by atoms with E-state index in [9.17, 15) is 9.59 Å². The molecule has 0 fully saturated rings. The number of aromatic amines is 1. The van der Waals surface area contributed by atoms with E-state index in [1.54, 1.807) is 25.1 Å². The number of hydrogen-bond acceptors (Lipinski definition) is 3. The zero-order valence-electron chi connectivity index (χ0n) is 16.4. The number of aryl methyl sites for hydroxylation is 2. The van der Waals surface area contributed by atoms with Crippen LogP contribution in [-0.2, 0) is 4.79 Å². The Balaban J connectivity index is 1.75. The largest absolute Gasteiger partial charge is 0.476 e. The molecule has 0 bridgehead atoms. The van der Waals surface area contributed by atoms with Gasteiger partial charge in [-0.25, -0.2) is 0 Å². The molecule has 1 aromatic heterocycles. The smallest absolute Gasteiger partial charge is 0.265 e. The third kappa shape index (κ3) is 2.91. The second-order valence-corrected chi connectivity index (χ2v) is 7.36. The maximum Gasteiger partial charge on any atom is 0.265 e. The number of hydrogen-bond donors (Lipinski definition) is 1. The van der Waals surface area contributed by atoms with Crippen LogP contribution >= 0.6 is 0 Å². The number of nitrogens with one attached hydrogen (secondary N) is 1. The molecule has 1 N–H and O–H groups in total. The standard InChI is InChI=1S/C22H23N3O3/c1-13-14(2)23-17-10-9-15(11-16(13)17)21(26)25-12-20(22(27)24(3)4)28-19-8-6-5-7-18(19)25/h5-11,20,23H,12H2,1-4H3/t20-/m0/s1. The van der Waals surface area contributed by atoms with Gasteiger partial charge < -0.3 is 19.5 Å². The maximum absolute atomic E-state index is 13.4. The number of carbonyl (C=O) groups is 2. The van der Waals surface area contributed by atoms with Gasteiger partial charge in [0.25, 0.3) is 11.8 Å². The fraction of sp³-hybridized carbons (Fsp3) is 0.273. The van der Waals surface area contributed by atoms with E-state index < -0.39 is 6.10 Å². The van der Waals surface area contributed by atoms with Crippen molar-refractivity contribution in [2.24, 2.45) is 0 Å². The van der Waals surface area contributed by atoms with Crippen LogP contribution in [0, 0.1) is 13.8 Å². The molecule has 144 valence electrons. The van der Waals surface area contributed by atoms with Gasteiger partial charge in [0.1, 0.15) is 5.75 Å². The Morgan fingerprint density at radius 1 is 1.14 bits per heavy atom. The molecule has 1 aliphatic heterocycles. The van der Waals surface area contributed by atoms with Crippen molar-refractivity contribution in [2.45, 2.75) is 20.0 Å². The molecule has 28 heavy (non-hydrogen) atoms. The fourth-order valence-corrected chi connectivity index (χ4v) is 3.59. The average Bonchev–Trinajstić information content (AvgIpc) is 2.99. The molecule has 0 aliphatic carbocycles. The number of benzene rings is 2. The van der Waals surface area contributed by atoms with Gasteiger partial charge in [-0.2, -0.15) is 0 Å². The van der Waals surface area contributed by atoms with Gasteiger partial charge in [-0.05, 0) is 49.7 Å². The SMILES string of the molecule is Cc1[nH]c2ccc(C(=O)N3C[C@@H](C(=O)N(C)C)Oc4ccccc43)cc2c1C. The Morgan fingerprint density at radius 3 is 2.64 bits per heavy atom. The first-order chi connectivity index (χ1) is 13.4. The lowest BCUT2D eigenvalue weighted by Crippen LogP contribution is -2.50. The van der Waals surface area contributed by atoms with Crippen molar-refractivity contribution in [3.63, 3.8) is 0 Å². The minimum absolute atomic E-state index is 0.146. The molecule has 0 saturated carbocycles. The normalized spacial score (nSPS) is 15.9. The van der Waals surface area contributed by atoms with Gasteiger partial charge in [0.15, 0.2) is 6.10 Å². The molecule has 6 heteroatoms. The second-order valence-electron chi connectivity index (χ2n) is 7.36. The summed E-state index contributed by atoms with van der Waals surface area (Å²) in [5.74, 6) is 0.226. The van der Waals surface area contributed by atoms with Crippen molar-refractivity contribution in [1.82, 2.24) is 9.88 Å². The van der Waals surface area contributed by atoms with Crippen LogP contribution in [0.25, 0.3) is 10.9 Å². The lowest BCUT2D eigenvalue weighted by atomic mass is 10.1.